The van der Waals surface area contributed by atoms with Crippen LogP contribution < -0.4 is 15.8 Å². The molecular weight excluding hydrogens is 292 g/mol. The molecule has 0 aliphatic rings. The molecule has 0 saturated heterocycles. The number of aromatic nitrogens is 2. The normalized spacial score (nSPS) is 10.7. The number of amides is 1. The highest BCUT2D eigenvalue weighted by Gasteiger charge is 2.19. The summed E-state index contributed by atoms with van der Waals surface area (Å²) in [6.07, 6.45) is 1.21. The SMILES string of the molecule is COc1cccc2sc(C(=O)NCc3ncon3)c(N)c12. The fourth-order valence-electron chi connectivity index (χ4n) is 1.99. The van der Waals surface area contributed by atoms with E-state index in [0.29, 0.717) is 22.1 Å². The molecule has 8 heteroatoms. The summed E-state index contributed by atoms with van der Waals surface area (Å²) in [4.78, 5) is 16.5. The van der Waals surface area contributed by atoms with Gasteiger partial charge >= 0.3 is 0 Å². The van der Waals surface area contributed by atoms with E-state index >= 15 is 0 Å². The van der Waals surface area contributed by atoms with Crippen molar-refractivity contribution in [2.45, 2.75) is 6.54 Å². The Morgan fingerprint density at radius 1 is 1.52 bits per heavy atom. The quantitative estimate of drug-likeness (QED) is 0.762. The van der Waals surface area contributed by atoms with Crippen LogP contribution in [-0.4, -0.2) is 23.2 Å². The Labute approximate surface area is 123 Å². The monoisotopic (exact) mass is 304 g/mol. The van der Waals surface area contributed by atoms with Gasteiger partial charge < -0.3 is 20.3 Å². The number of carbonyl (C=O) groups is 1. The summed E-state index contributed by atoms with van der Waals surface area (Å²) in [6, 6.07) is 5.57. The lowest BCUT2D eigenvalue weighted by atomic mass is 10.2. The number of nitrogens with zero attached hydrogens (tertiary/aromatic N) is 2. The predicted molar refractivity (Wildman–Crippen MR) is 78.3 cm³/mol. The minimum Gasteiger partial charge on any atom is -0.496 e. The lowest BCUT2D eigenvalue weighted by Gasteiger charge is -2.03. The molecule has 3 rings (SSSR count). The molecule has 0 aliphatic carbocycles. The van der Waals surface area contributed by atoms with E-state index in [0.717, 1.165) is 10.1 Å². The van der Waals surface area contributed by atoms with Crippen LogP contribution >= 0.6 is 11.3 Å². The van der Waals surface area contributed by atoms with Gasteiger partial charge in [0.15, 0.2) is 5.82 Å². The molecule has 3 aromatic rings. The third-order valence-electron chi connectivity index (χ3n) is 2.95. The van der Waals surface area contributed by atoms with Crippen molar-refractivity contribution in [2.24, 2.45) is 0 Å². The van der Waals surface area contributed by atoms with Crippen LogP contribution in [0.25, 0.3) is 10.1 Å². The highest BCUT2D eigenvalue weighted by atomic mass is 32.1. The highest BCUT2D eigenvalue weighted by Crippen LogP contribution is 2.39. The number of thiophene rings is 1. The van der Waals surface area contributed by atoms with Crippen molar-refractivity contribution < 1.29 is 14.1 Å². The lowest BCUT2D eigenvalue weighted by molar-refractivity contribution is 0.0954. The standard InChI is InChI=1S/C13H12N4O3S/c1-19-7-3-2-4-8-10(7)11(14)12(21-8)13(18)15-5-9-16-6-20-17-9/h2-4,6H,5,14H2,1H3,(H,15,18). The molecule has 1 aromatic carbocycles. The van der Waals surface area contributed by atoms with E-state index in [4.69, 9.17) is 10.5 Å². The Morgan fingerprint density at radius 3 is 3.10 bits per heavy atom. The van der Waals surface area contributed by atoms with Gasteiger partial charge in [0, 0.05) is 4.70 Å². The topological polar surface area (TPSA) is 103 Å². The van der Waals surface area contributed by atoms with Gasteiger partial charge in [-0.2, -0.15) is 4.98 Å². The molecule has 0 fully saturated rings. The van der Waals surface area contributed by atoms with Gasteiger partial charge in [0.1, 0.15) is 10.6 Å². The van der Waals surface area contributed by atoms with Crippen LogP contribution in [-0.2, 0) is 6.54 Å². The number of hydrogen-bond acceptors (Lipinski definition) is 7. The Bertz CT molecular complexity index is 782. The maximum Gasteiger partial charge on any atom is 0.263 e. The molecule has 0 radical (unpaired) electrons. The molecule has 0 saturated carbocycles. The van der Waals surface area contributed by atoms with Crippen LogP contribution in [0.3, 0.4) is 0 Å². The second kappa shape index (κ2) is 5.41. The largest absolute Gasteiger partial charge is 0.496 e. The van der Waals surface area contributed by atoms with Crippen molar-refractivity contribution in [1.29, 1.82) is 0 Å². The zero-order chi connectivity index (χ0) is 14.8. The number of carbonyl (C=O) groups excluding carboxylic acids is 1. The molecule has 0 aliphatic heterocycles. The average molecular weight is 304 g/mol. The molecule has 0 unspecified atom stereocenters. The molecule has 1 amide bonds. The van der Waals surface area contributed by atoms with Crippen LogP contribution in [0.2, 0.25) is 0 Å². The third kappa shape index (κ3) is 2.40. The molecule has 3 N–H and O–H groups in total. The average Bonchev–Trinajstić information content (AvgIpc) is 3.13. The van der Waals surface area contributed by atoms with Gasteiger partial charge in [-0.3, -0.25) is 4.79 Å². The summed E-state index contributed by atoms with van der Waals surface area (Å²) in [5.41, 5.74) is 6.50. The molecule has 108 valence electrons. The number of nitrogens with two attached hydrogens (primary N) is 1. The first-order valence-corrected chi connectivity index (χ1v) is 6.90. The predicted octanol–water partition coefficient (Wildman–Crippen LogP) is 1.81. The summed E-state index contributed by atoms with van der Waals surface area (Å²) in [6.45, 7) is 0.181. The number of benzene rings is 1. The van der Waals surface area contributed by atoms with E-state index in [1.54, 1.807) is 7.11 Å². The summed E-state index contributed by atoms with van der Waals surface area (Å²) in [5.74, 6) is 0.777. The number of rotatable bonds is 4. The van der Waals surface area contributed by atoms with Crippen molar-refractivity contribution in [2.75, 3.05) is 12.8 Å². The van der Waals surface area contributed by atoms with Gasteiger partial charge in [0.05, 0.1) is 24.7 Å². The van der Waals surface area contributed by atoms with Gasteiger partial charge in [0.25, 0.3) is 5.91 Å². The summed E-state index contributed by atoms with van der Waals surface area (Å²) < 4.78 is 10.8. The molecule has 2 aromatic heterocycles. The first-order chi connectivity index (χ1) is 10.2. The van der Waals surface area contributed by atoms with Gasteiger partial charge in [0.2, 0.25) is 6.39 Å². The lowest BCUT2D eigenvalue weighted by Crippen LogP contribution is -2.23. The maximum atomic E-state index is 12.2. The van der Waals surface area contributed by atoms with Crippen molar-refractivity contribution in [3.05, 3.63) is 35.3 Å². The van der Waals surface area contributed by atoms with Gasteiger partial charge in [-0.1, -0.05) is 11.2 Å². The van der Waals surface area contributed by atoms with Gasteiger partial charge in [-0.15, -0.1) is 11.3 Å². The molecular formula is C13H12N4O3S. The van der Waals surface area contributed by atoms with Crippen LogP contribution in [0.1, 0.15) is 15.5 Å². The van der Waals surface area contributed by atoms with Crippen LogP contribution in [0, 0.1) is 0 Å². The van der Waals surface area contributed by atoms with E-state index in [2.05, 4.69) is 20.0 Å². The Balaban J connectivity index is 1.89. The first kappa shape index (κ1) is 13.4. The van der Waals surface area contributed by atoms with Crippen LogP contribution in [0.5, 0.6) is 5.75 Å². The molecule has 0 bridgehead atoms. The van der Waals surface area contributed by atoms with Crippen molar-refractivity contribution in [3.8, 4) is 5.75 Å². The van der Waals surface area contributed by atoms with Crippen LogP contribution in [0.4, 0.5) is 5.69 Å². The summed E-state index contributed by atoms with van der Waals surface area (Å²) in [7, 11) is 1.57. The fraction of sp³-hybridized carbons (Fsp3) is 0.154. The minimum atomic E-state index is -0.277. The molecule has 7 nitrogen and oxygen atoms in total. The zero-order valence-electron chi connectivity index (χ0n) is 11.1. The number of ether oxygens (including phenoxy) is 1. The van der Waals surface area contributed by atoms with E-state index in [9.17, 15) is 4.79 Å². The first-order valence-electron chi connectivity index (χ1n) is 6.09. The smallest absolute Gasteiger partial charge is 0.263 e. The number of nitrogens with one attached hydrogen (secondary N) is 1. The Kier molecular flexibility index (Phi) is 3.44. The van der Waals surface area contributed by atoms with E-state index in [1.807, 2.05) is 18.2 Å². The highest BCUT2D eigenvalue weighted by molar-refractivity contribution is 7.21. The van der Waals surface area contributed by atoms with E-state index in [-0.39, 0.29) is 12.5 Å². The van der Waals surface area contributed by atoms with Crippen molar-refractivity contribution in [3.63, 3.8) is 0 Å². The number of methoxy groups -OCH3 is 1. The van der Waals surface area contributed by atoms with Crippen molar-refractivity contribution >= 4 is 33.0 Å². The maximum absolute atomic E-state index is 12.2. The molecule has 0 spiro atoms. The molecule has 21 heavy (non-hydrogen) atoms. The third-order valence-corrected chi connectivity index (χ3v) is 4.12. The van der Waals surface area contributed by atoms with E-state index in [1.165, 1.54) is 17.7 Å². The number of hydrogen-bond donors (Lipinski definition) is 2. The van der Waals surface area contributed by atoms with E-state index < -0.39 is 0 Å². The van der Waals surface area contributed by atoms with Crippen LogP contribution in [0.15, 0.2) is 29.1 Å². The Morgan fingerprint density at radius 2 is 2.38 bits per heavy atom. The van der Waals surface area contributed by atoms with Gasteiger partial charge in [-0.25, -0.2) is 0 Å². The second-order valence-corrected chi connectivity index (χ2v) is 5.26. The van der Waals surface area contributed by atoms with Gasteiger partial charge in [-0.05, 0) is 12.1 Å². The summed E-state index contributed by atoms with van der Waals surface area (Å²) >= 11 is 1.32. The number of anilines is 1. The zero-order valence-corrected chi connectivity index (χ0v) is 11.9. The second-order valence-electron chi connectivity index (χ2n) is 4.21. The summed E-state index contributed by atoms with van der Waals surface area (Å²) in [5, 5.41) is 7.09. The Hall–Kier alpha value is -2.61. The molecule has 2 heterocycles. The fourth-order valence-corrected chi connectivity index (χ4v) is 3.04. The minimum absolute atomic E-state index is 0.181. The molecule has 0 atom stereocenters. The number of fused-ring (bicyclic) bond motifs is 1. The van der Waals surface area contributed by atoms with Crippen molar-refractivity contribution in [1.82, 2.24) is 15.5 Å². The number of nitrogen functional groups attached to an aromatic ring is 1.